The van der Waals surface area contributed by atoms with E-state index in [-0.39, 0.29) is 5.54 Å². The van der Waals surface area contributed by atoms with Crippen molar-refractivity contribution in [3.63, 3.8) is 0 Å². The molecular formula is C11H24N2O. The Balaban J connectivity index is 2.59. The summed E-state index contributed by atoms with van der Waals surface area (Å²) in [7, 11) is 3.89. The Bertz CT molecular complexity index is 192. The minimum atomic E-state index is 0.130. The molecule has 1 aliphatic carbocycles. The summed E-state index contributed by atoms with van der Waals surface area (Å²) in [6.45, 7) is 7.07. The fraction of sp³-hybridized carbons (Fsp3) is 1.00. The molecule has 1 rings (SSSR count). The molecule has 0 aromatic rings. The van der Waals surface area contributed by atoms with Crippen LogP contribution in [0.3, 0.4) is 0 Å². The highest BCUT2D eigenvalue weighted by molar-refractivity contribution is 5.08. The van der Waals surface area contributed by atoms with Crippen molar-refractivity contribution in [1.82, 2.24) is 4.90 Å². The molecule has 1 fully saturated rings. The maximum Gasteiger partial charge on any atom is 0.0589 e. The molecule has 1 unspecified atom stereocenters. The van der Waals surface area contributed by atoms with Gasteiger partial charge in [-0.25, -0.2) is 0 Å². The fourth-order valence-electron chi connectivity index (χ4n) is 2.06. The molecule has 0 radical (unpaired) electrons. The van der Waals surface area contributed by atoms with Crippen LogP contribution in [0.25, 0.3) is 0 Å². The summed E-state index contributed by atoms with van der Waals surface area (Å²) >= 11 is 0. The molecule has 0 spiro atoms. The van der Waals surface area contributed by atoms with Crippen LogP contribution in [0, 0.1) is 5.41 Å². The van der Waals surface area contributed by atoms with Crippen molar-refractivity contribution in [2.75, 3.05) is 33.9 Å². The van der Waals surface area contributed by atoms with Gasteiger partial charge in [0.05, 0.1) is 6.61 Å². The highest BCUT2D eigenvalue weighted by atomic mass is 16.5. The van der Waals surface area contributed by atoms with Crippen molar-refractivity contribution in [3.8, 4) is 0 Å². The Morgan fingerprint density at radius 1 is 1.50 bits per heavy atom. The molecule has 3 heteroatoms. The zero-order chi connectivity index (χ0) is 10.8. The number of nitrogens with zero attached hydrogens (tertiary/aromatic N) is 1. The zero-order valence-electron chi connectivity index (χ0n) is 9.97. The first-order chi connectivity index (χ1) is 6.50. The van der Waals surface area contributed by atoms with Crippen LogP contribution in [0.15, 0.2) is 0 Å². The van der Waals surface area contributed by atoms with E-state index in [0.29, 0.717) is 5.41 Å². The van der Waals surface area contributed by atoms with Gasteiger partial charge < -0.3 is 10.5 Å². The van der Waals surface area contributed by atoms with Crippen LogP contribution in [-0.2, 0) is 4.74 Å². The van der Waals surface area contributed by atoms with E-state index in [2.05, 4.69) is 25.8 Å². The topological polar surface area (TPSA) is 38.5 Å². The molecule has 1 atom stereocenters. The van der Waals surface area contributed by atoms with Gasteiger partial charge >= 0.3 is 0 Å². The quantitative estimate of drug-likeness (QED) is 0.697. The van der Waals surface area contributed by atoms with Crippen LogP contribution >= 0.6 is 0 Å². The summed E-state index contributed by atoms with van der Waals surface area (Å²) < 4.78 is 5.10. The Kier molecular flexibility index (Phi) is 3.56. The van der Waals surface area contributed by atoms with Gasteiger partial charge in [-0.1, -0.05) is 6.92 Å². The molecule has 0 aromatic carbocycles. The van der Waals surface area contributed by atoms with Crippen LogP contribution in [0.2, 0.25) is 0 Å². The summed E-state index contributed by atoms with van der Waals surface area (Å²) in [6.07, 6.45) is 2.61. The third-order valence-electron chi connectivity index (χ3n) is 4.17. The highest BCUT2D eigenvalue weighted by Gasteiger charge is 2.53. The number of hydrogen-bond donors (Lipinski definition) is 1. The number of rotatable bonds is 6. The van der Waals surface area contributed by atoms with Crippen molar-refractivity contribution in [3.05, 3.63) is 0 Å². The third-order valence-corrected chi connectivity index (χ3v) is 4.17. The number of methoxy groups -OCH3 is 1. The van der Waals surface area contributed by atoms with Crippen LogP contribution in [0.4, 0.5) is 0 Å². The smallest absolute Gasteiger partial charge is 0.0589 e. The maximum atomic E-state index is 5.92. The molecule has 0 heterocycles. The lowest BCUT2D eigenvalue weighted by Gasteiger charge is -2.43. The summed E-state index contributed by atoms with van der Waals surface area (Å²) in [5.41, 5.74) is 6.47. The highest BCUT2D eigenvalue weighted by Crippen LogP contribution is 2.55. The van der Waals surface area contributed by atoms with Gasteiger partial charge in [0.25, 0.3) is 0 Å². The molecule has 1 saturated carbocycles. The second kappa shape index (κ2) is 4.17. The molecule has 0 aliphatic heterocycles. The number of nitrogens with two attached hydrogens (primary N) is 1. The average molecular weight is 200 g/mol. The van der Waals surface area contributed by atoms with Gasteiger partial charge in [0.15, 0.2) is 0 Å². The molecule has 1 aliphatic rings. The predicted octanol–water partition coefficient (Wildman–Crippen LogP) is 1.08. The van der Waals surface area contributed by atoms with Gasteiger partial charge in [-0.3, -0.25) is 4.90 Å². The van der Waals surface area contributed by atoms with Crippen LogP contribution in [-0.4, -0.2) is 44.3 Å². The summed E-state index contributed by atoms with van der Waals surface area (Å²) in [5.74, 6) is 0. The van der Waals surface area contributed by atoms with Crippen molar-refractivity contribution >= 4 is 0 Å². The van der Waals surface area contributed by atoms with Gasteiger partial charge in [0.1, 0.15) is 0 Å². The largest absolute Gasteiger partial charge is 0.383 e. The number of hydrogen-bond acceptors (Lipinski definition) is 3. The lowest BCUT2D eigenvalue weighted by atomic mass is 9.82. The lowest BCUT2D eigenvalue weighted by molar-refractivity contribution is 0.0474. The molecule has 0 saturated heterocycles. The van der Waals surface area contributed by atoms with Crippen molar-refractivity contribution in [2.24, 2.45) is 11.1 Å². The monoisotopic (exact) mass is 200 g/mol. The Morgan fingerprint density at radius 2 is 2.07 bits per heavy atom. The van der Waals surface area contributed by atoms with Gasteiger partial charge in [0.2, 0.25) is 0 Å². The van der Waals surface area contributed by atoms with Crippen molar-refractivity contribution < 1.29 is 4.74 Å². The Labute approximate surface area is 87.6 Å². The summed E-state index contributed by atoms with van der Waals surface area (Å²) in [4.78, 5) is 2.35. The van der Waals surface area contributed by atoms with Crippen molar-refractivity contribution in [2.45, 2.75) is 32.2 Å². The van der Waals surface area contributed by atoms with E-state index in [9.17, 15) is 0 Å². The van der Waals surface area contributed by atoms with Crippen molar-refractivity contribution in [1.29, 1.82) is 0 Å². The molecule has 0 aromatic heterocycles. The van der Waals surface area contributed by atoms with Gasteiger partial charge in [-0.15, -0.1) is 0 Å². The average Bonchev–Trinajstić information content (AvgIpc) is 2.92. The molecule has 0 amide bonds. The Morgan fingerprint density at radius 3 is 2.43 bits per heavy atom. The standard InChI is InChI=1S/C11H24N2O/c1-10(5-6-10)11(2,9-12)13(3)7-8-14-4/h5-9,12H2,1-4H3. The van der Waals surface area contributed by atoms with E-state index in [1.165, 1.54) is 12.8 Å². The van der Waals surface area contributed by atoms with Crippen LogP contribution < -0.4 is 5.73 Å². The van der Waals surface area contributed by atoms with Crippen LogP contribution in [0.1, 0.15) is 26.7 Å². The summed E-state index contributed by atoms with van der Waals surface area (Å²) in [5, 5.41) is 0. The molecule has 2 N–H and O–H groups in total. The molecule has 84 valence electrons. The van der Waals surface area contributed by atoms with Gasteiger partial charge in [0, 0.05) is 25.7 Å². The first kappa shape index (κ1) is 12.0. The minimum Gasteiger partial charge on any atom is -0.383 e. The van der Waals surface area contributed by atoms with Gasteiger partial charge in [-0.05, 0) is 32.2 Å². The molecule has 0 bridgehead atoms. The van der Waals surface area contributed by atoms with Crippen LogP contribution in [0.5, 0.6) is 0 Å². The van der Waals surface area contributed by atoms with E-state index in [4.69, 9.17) is 10.5 Å². The third kappa shape index (κ3) is 1.95. The second-order valence-corrected chi connectivity index (χ2v) is 4.95. The summed E-state index contributed by atoms with van der Waals surface area (Å²) in [6, 6.07) is 0. The molecule has 3 nitrogen and oxygen atoms in total. The normalized spacial score (nSPS) is 23.6. The van der Waals surface area contributed by atoms with E-state index in [1.54, 1.807) is 7.11 Å². The predicted molar refractivity (Wildman–Crippen MR) is 59.3 cm³/mol. The molecule has 14 heavy (non-hydrogen) atoms. The minimum absolute atomic E-state index is 0.130. The van der Waals surface area contributed by atoms with E-state index in [1.807, 2.05) is 0 Å². The zero-order valence-corrected chi connectivity index (χ0v) is 9.97. The van der Waals surface area contributed by atoms with E-state index < -0.39 is 0 Å². The SMILES string of the molecule is COCCN(C)C(C)(CN)C1(C)CC1. The Hall–Kier alpha value is -0.120. The number of ether oxygens (including phenoxy) is 1. The fourth-order valence-corrected chi connectivity index (χ4v) is 2.06. The van der Waals surface area contributed by atoms with E-state index in [0.717, 1.165) is 19.7 Å². The number of likely N-dealkylation sites (N-methyl/N-ethyl adjacent to an activating group) is 1. The first-order valence-electron chi connectivity index (χ1n) is 5.40. The maximum absolute atomic E-state index is 5.92. The molecular weight excluding hydrogens is 176 g/mol. The first-order valence-corrected chi connectivity index (χ1v) is 5.40. The van der Waals surface area contributed by atoms with Gasteiger partial charge in [-0.2, -0.15) is 0 Å². The lowest BCUT2D eigenvalue weighted by Crippen LogP contribution is -2.56. The van der Waals surface area contributed by atoms with E-state index >= 15 is 0 Å². The second-order valence-electron chi connectivity index (χ2n) is 4.95.